The summed E-state index contributed by atoms with van der Waals surface area (Å²) >= 11 is 9.28. The van der Waals surface area contributed by atoms with Crippen molar-refractivity contribution < 1.29 is 9.18 Å². The van der Waals surface area contributed by atoms with E-state index in [1.165, 1.54) is 6.07 Å². The maximum absolute atomic E-state index is 13.6. The standard InChI is InChI=1S/C14H16BrClFN3O/c1-3-4-18-13(21)7-20-12-5-9(15)10(17)6-11(12)19-14(20)8(2)16/h5-6,8H,3-4,7H2,1-2H3,(H,18,21). The van der Waals surface area contributed by atoms with Crippen molar-refractivity contribution in [3.05, 3.63) is 28.2 Å². The van der Waals surface area contributed by atoms with Crippen LogP contribution in [0.3, 0.4) is 0 Å². The maximum Gasteiger partial charge on any atom is 0.240 e. The Morgan fingerprint density at radius 1 is 1.57 bits per heavy atom. The van der Waals surface area contributed by atoms with Gasteiger partial charge in [0.2, 0.25) is 5.91 Å². The van der Waals surface area contributed by atoms with Crippen LogP contribution in [0.25, 0.3) is 11.0 Å². The van der Waals surface area contributed by atoms with Crippen molar-refractivity contribution in [1.82, 2.24) is 14.9 Å². The van der Waals surface area contributed by atoms with Crippen LogP contribution in [0.1, 0.15) is 31.5 Å². The van der Waals surface area contributed by atoms with Crippen LogP contribution >= 0.6 is 27.5 Å². The van der Waals surface area contributed by atoms with Gasteiger partial charge in [0, 0.05) is 12.6 Å². The fourth-order valence-electron chi connectivity index (χ4n) is 2.07. The summed E-state index contributed by atoms with van der Waals surface area (Å²) in [6.07, 6.45) is 0.867. The highest BCUT2D eigenvalue weighted by Gasteiger charge is 2.18. The van der Waals surface area contributed by atoms with Crippen LogP contribution in [-0.4, -0.2) is 22.0 Å². The molecule has 1 aromatic heterocycles. The molecular weight excluding hydrogens is 361 g/mol. The van der Waals surface area contributed by atoms with Crippen LogP contribution in [0.2, 0.25) is 0 Å². The molecule has 1 aromatic carbocycles. The summed E-state index contributed by atoms with van der Waals surface area (Å²) in [7, 11) is 0. The van der Waals surface area contributed by atoms with E-state index in [1.54, 1.807) is 17.6 Å². The van der Waals surface area contributed by atoms with Gasteiger partial charge in [-0.3, -0.25) is 4.79 Å². The lowest BCUT2D eigenvalue weighted by Gasteiger charge is -2.10. The zero-order valence-corrected chi connectivity index (χ0v) is 14.1. The number of hydrogen-bond donors (Lipinski definition) is 1. The Bertz CT molecular complexity index is 672. The fourth-order valence-corrected chi connectivity index (χ4v) is 2.57. The van der Waals surface area contributed by atoms with Gasteiger partial charge in [-0.05, 0) is 35.3 Å². The van der Waals surface area contributed by atoms with Gasteiger partial charge in [-0.15, -0.1) is 11.6 Å². The third kappa shape index (κ3) is 3.55. The van der Waals surface area contributed by atoms with Gasteiger partial charge in [0.15, 0.2) is 0 Å². The molecule has 2 aromatic rings. The number of benzene rings is 1. The molecule has 0 fully saturated rings. The average molecular weight is 377 g/mol. The SMILES string of the molecule is CCCNC(=O)Cn1c(C(C)Cl)nc2cc(F)c(Br)cc21. The van der Waals surface area contributed by atoms with Crippen molar-refractivity contribution in [2.75, 3.05) is 6.54 Å². The molecule has 0 radical (unpaired) electrons. The Morgan fingerprint density at radius 2 is 2.29 bits per heavy atom. The van der Waals surface area contributed by atoms with Crippen LogP contribution in [0.5, 0.6) is 0 Å². The zero-order valence-electron chi connectivity index (χ0n) is 11.8. The first-order valence-electron chi connectivity index (χ1n) is 6.70. The number of fused-ring (bicyclic) bond motifs is 1. The number of alkyl halides is 1. The third-order valence-corrected chi connectivity index (χ3v) is 3.85. The van der Waals surface area contributed by atoms with Gasteiger partial charge in [-0.25, -0.2) is 9.37 Å². The molecule has 114 valence electrons. The molecule has 0 aliphatic rings. The van der Waals surface area contributed by atoms with Crippen molar-refractivity contribution in [3.8, 4) is 0 Å². The van der Waals surface area contributed by atoms with E-state index in [4.69, 9.17) is 11.6 Å². The highest BCUT2D eigenvalue weighted by atomic mass is 79.9. The number of carbonyl (C=O) groups excluding carboxylic acids is 1. The molecule has 21 heavy (non-hydrogen) atoms. The molecule has 0 spiro atoms. The van der Waals surface area contributed by atoms with E-state index >= 15 is 0 Å². The number of hydrogen-bond acceptors (Lipinski definition) is 2. The smallest absolute Gasteiger partial charge is 0.240 e. The molecule has 0 aliphatic carbocycles. The van der Waals surface area contributed by atoms with Gasteiger partial charge in [0.1, 0.15) is 18.2 Å². The minimum absolute atomic E-state index is 0.112. The van der Waals surface area contributed by atoms with Gasteiger partial charge in [-0.2, -0.15) is 0 Å². The summed E-state index contributed by atoms with van der Waals surface area (Å²) in [5, 5.41) is 2.43. The summed E-state index contributed by atoms with van der Waals surface area (Å²) in [6, 6.07) is 2.95. The Morgan fingerprint density at radius 3 is 2.90 bits per heavy atom. The summed E-state index contributed by atoms with van der Waals surface area (Å²) < 4.78 is 15.7. The predicted molar refractivity (Wildman–Crippen MR) is 85.0 cm³/mol. The minimum Gasteiger partial charge on any atom is -0.355 e. The topological polar surface area (TPSA) is 46.9 Å². The number of carbonyl (C=O) groups is 1. The Kier molecular flexibility index (Phi) is 5.22. The van der Waals surface area contributed by atoms with E-state index in [1.807, 2.05) is 6.92 Å². The zero-order chi connectivity index (χ0) is 15.6. The summed E-state index contributed by atoms with van der Waals surface area (Å²) in [4.78, 5) is 16.3. The molecule has 0 bridgehead atoms. The molecule has 1 unspecified atom stereocenters. The van der Waals surface area contributed by atoms with Gasteiger partial charge in [-0.1, -0.05) is 6.92 Å². The largest absolute Gasteiger partial charge is 0.355 e. The lowest BCUT2D eigenvalue weighted by Crippen LogP contribution is -2.28. The second kappa shape index (κ2) is 6.75. The lowest BCUT2D eigenvalue weighted by atomic mass is 10.3. The molecule has 1 amide bonds. The molecule has 1 heterocycles. The van der Waals surface area contributed by atoms with Crippen molar-refractivity contribution in [3.63, 3.8) is 0 Å². The average Bonchev–Trinajstić information content (AvgIpc) is 2.75. The van der Waals surface area contributed by atoms with Crippen LogP contribution < -0.4 is 5.32 Å². The van der Waals surface area contributed by atoms with E-state index in [0.717, 1.165) is 6.42 Å². The van der Waals surface area contributed by atoms with Crippen molar-refractivity contribution in [2.24, 2.45) is 0 Å². The molecular formula is C14H16BrClFN3O. The first-order chi connectivity index (χ1) is 9.93. The normalized spacial score (nSPS) is 12.6. The van der Waals surface area contributed by atoms with Crippen LogP contribution in [0.15, 0.2) is 16.6 Å². The number of aromatic nitrogens is 2. The van der Waals surface area contributed by atoms with Gasteiger partial charge in [0.25, 0.3) is 0 Å². The van der Waals surface area contributed by atoms with E-state index in [0.29, 0.717) is 27.9 Å². The molecule has 7 heteroatoms. The molecule has 0 saturated carbocycles. The molecule has 0 aliphatic heterocycles. The predicted octanol–water partition coefficient (Wildman–Crippen LogP) is 3.76. The second-order valence-corrected chi connectivity index (χ2v) is 6.29. The number of amides is 1. The van der Waals surface area contributed by atoms with Crippen molar-refractivity contribution >= 4 is 44.5 Å². The minimum atomic E-state index is -0.392. The van der Waals surface area contributed by atoms with Gasteiger partial charge >= 0.3 is 0 Å². The first kappa shape index (κ1) is 16.2. The monoisotopic (exact) mass is 375 g/mol. The molecule has 2 rings (SSSR count). The van der Waals surface area contributed by atoms with E-state index in [-0.39, 0.29) is 17.8 Å². The maximum atomic E-state index is 13.6. The number of halogens is 3. The highest BCUT2D eigenvalue weighted by Crippen LogP contribution is 2.28. The highest BCUT2D eigenvalue weighted by molar-refractivity contribution is 9.10. The first-order valence-corrected chi connectivity index (χ1v) is 7.93. The van der Waals surface area contributed by atoms with Crippen LogP contribution in [0.4, 0.5) is 4.39 Å². The van der Waals surface area contributed by atoms with Crippen molar-refractivity contribution in [1.29, 1.82) is 0 Å². The summed E-state index contributed by atoms with van der Waals surface area (Å²) in [5.41, 5.74) is 1.17. The number of rotatable bonds is 5. The quantitative estimate of drug-likeness (QED) is 0.808. The summed E-state index contributed by atoms with van der Waals surface area (Å²) in [6.45, 7) is 4.49. The van der Waals surface area contributed by atoms with Gasteiger partial charge in [0.05, 0.1) is 20.9 Å². The van der Waals surface area contributed by atoms with Crippen molar-refractivity contribution in [2.45, 2.75) is 32.2 Å². The van der Waals surface area contributed by atoms with E-state index in [2.05, 4.69) is 26.2 Å². The Balaban J connectivity index is 2.45. The van der Waals surface area contributed by atoms with Crippen LogP contribution in [-0.2, 0) is 11.3 Å². The molecule has 0 saturated heterocycles. The van der Waals surface area contributed by atoms with E-state index in [9.17, 15) is 9.18 Å². The Labute approximate surface area is 135 Å². The molecule has 1 N–H and O–H groups in total. The number of imidazole rings is 1. The van der Waals surface area contributed by atoms with Crippen LogP contribution in [0, 0.1) is 5.82 Å². The lowest BCUT2D eigenvalue weighted by molar-refractivity contribution is -0.121. The third-order valence-electron chi connectivity index (χ3n) is 3.05. The second-order valence-electron chi connectivity index (χ2n) is 4.78. The fraction of sp³-hybridized carbons (Fsp3) is 0.429. The Hall–Kier alpha value is -1.14. The number of nitrogens with zero attached hydrogens (tertiary/aromatic N) is 2. The number of nitrogens with one attached hydrogen (secondary N) is 1. The molecule has 4 nitrogen and oxygen atoms in total. The molecule has 1 atom stereocenters. The van der Waals surface area contributed by atoms with Gasteiger partial charge < -0.3 is 9.88 Å². The van der Waals surface area contributed by atoms with E-state index < -0.39 is 5.82 Å². The summed E-state index contributed by atoms with van der Waals surface area (Å²) in [5.74, 6) is 0.0438.